The molecule has 2 aromatic rings. The van der Waals surface area contributed by atoms with Crippen molar-refractivity contribution in [3.8, 4) is 0 Å². The van der Waals surface area contributed by atoms with Gasteiger partial charge in [-0.1, -0.05) is 18.2 Å². The minimum Gasteiger partial charge on any atom is -0.271 e. The number of nitrogens with two attached hydrogens (primary N) is 1. The Morgan fingerprint density at radius 2 is 1.84 bits per heavy atom. The highest BCUT2D eigenvalue weighted by Gasteiger charge is 2.13. The monoisotopic (exact) mass is 367 g/mol. The second-order valence-corrected chi connectivity index (χ2v) is 5.92. The highest BCUT2D eigenvalue weighted by molar-refractivity contribution is 14.1. The fourth-order valence-corrected chi connectivity index (χ4v) is 2.54. The second-order valence-electron chi connectivity index (χ2n) is 4.68. The van der Waals surface area contributed by atoms with Crippen molar-refractivity contribution in [1.29, 1.82) is 0 Å². The zero-order valence-electron chi connectivity index (χ0n) is 11.2. The Bertz CT molecular complexity index is 552. The number of hydrazine groups is 1. The van der Waals surface area contributed by atoms with Gasteiger partial charge in [-0.25, -0.2) is 0 Å². The number of nitrogens with zero attached hydrogens (tertiary/aromatic N) is 1. The molecule has 3 N–H and O–H groups in total. The standard InChI is InChI=1S/C15H18IN3/c1-10-3-8-14(11(2)18-10)15(19-17)9-12-4-6-13(16)7-5-12/h3-8,15,19H,9,17H2,1-2H3. The molecule has 0 spiro atoms. The number of nitrogens with one attached hydrogen (secondary N) is 1. The van der Waals surface area contributed by atoms with Crippen LogP contribution in [0.1, 0.15) is 28.6 Å². The third-order valence-corrected chi connectivity index (χ3v) is 3.91. The number of aryl methyl sites for hydroxylation is 2. The van der Waals surface area contributed by atoms with Crippen LogP contribution in [0.2, 0.25) is 0 Å². The van der Waals surface area contributed by atoms with E-state index in [2.05, 4.69) is 63.3 Å². The average Bonchev–Trinajstić information content (AvgIpc) is 2.39. The van der Waals surface area contributed by atoms with Crippen LogP contribution in [-0.2, 0) is 6.42 Å². The first-order chi connectivity index (χ1) is 9.10. The molecule has 0 saturated carbocycles. The van der Waals surface area contributed by atoms with E-state index in [1.165, 1.54) is 9.13 Å². The Morgan fingerprint density at radius 3 is 2.42 bits per heavy atom. The molecule has 19 heavy (non-hydrogen) atoms. The summed E-state index contributed by atoms with van der Waals surface area (Å²) in [6.45, 7) is 4.03. The van der Waals surface area contributed by atoms with Gasteiger partial charge in [0.1, 0.15) is 0 Å². The van der Waals surface area contributed by atoms with Crippen molar-refractivity contribution in [3.63, 3.8) is 0 Å². The molecule has 0 saturated heterocycles. The minimum atomic E-state index is 0.0909. The van der Waals surface area contributed by atoms with Gasteiger partial charge in [0.2, 0.25) is 0 Å². The van der Waals surface area contributed by atoms with E-state index in [4.69, 9.17) is 5.84 Å². The number of benzene rings is 1. The van der Waals surface area contributed by atoms with Crippen LogP contribution in [0.3, 0.4) is 0 Å². The summed E-state index contributed by atoms with van der Waals surface area (Å²) in [6.07, 6.45) is 0.860. The van der Waals surface area contributed by atoms with Gasteiger partial charge < -0.3 is 0 Å². The van der Waals surface area contributed by atoms with E-state index >= 15 is 0 Å². The summed E-state index contributed by atoms with van der Waals surface area (Å²) < 4.78 is 1.24. The minimum absolute atomic E-state index is 0.0909. The van der Waals surface area contributed by atoms with Crippen molar-refractivity contribution < 1.29 is 0 Å². The molecule has 0 aliphatic heterocycles. The molecule has 2 rings (SSSR count). The van der Waals surface area contributed by atoms with Gasteiger partial charge in [0.15, 0.2) is 0 Å². The third-order valence-electron chi connectivity index (χ3n) is 3.20. The summed E-state index contributed by atoms with van der Waals surface area (Å²) in [7, 11) is 0. The van der Waals surface area contributed by atoms with Crippen LogP contribution in [0.15, 0.2) is 36.4 Å². The number of hydrogen-bond acceptors (Lipinski definition) is 3. The summed E-state index contributed by atoms with van der Waals surface area (Å²) in [5.41, 5.74) is 7.39. The van der Waals surface area contributed by atoms with Crippen molar-refractivity contribution in [3.05, 3.63) is 62.5 Å². The van der Waals surface area contributed by atoms with Gasteiger partial charge in [-0.15, -0.1) is 0 Å². The Balaban J connectivity index is 2.22. The number of halogens is 1. The molecule has 1 aromatic carbocycles. The lowest BCUT2D eigenvalue weighted by atomic mass is 9.98. The quantitative estimate of drug-likeness (QED) is 0.496. The van der Waals surface area contributed by atoms with Gasteiger partial charge in [0.25, 0.3) is 0 Å². The zero-order valence-corrected chi connectivity index (χ0v) is 13.3. The number of aromatic nitrogens is 1. The molecule has 3 nitrogen and oxygen atoms in total. The predicted octanol–water partition coefficient (Wildman–Crippen LogP) is 3.05. The molecule has 1 unspecified atom stereocenters. The molecule has 0 bridgehead atoms. The fraction of sp³-hybridized carbons (Fsp3) is 0.267. The number of hydrogen-bond donors (Lipinski definition) is 2. The molecule has 1 aromatic heterocycles. The van der Waals surface area contributed by atoms with Gasteiger partial charge in [-0.2, -0.15) is 0 Å². The predicted molar refractivity (Wildman–Crippen MR) is 86.6 cm³/mol. The van der Waals surface area contributed by atoms with Crippen molar-refractivity contribution in [2.75, 3.05) is 0 Å². The van der Waals surface area contributed by atoms with Crippen LogP contribution in [0.4, 0.5) is 0 Å². The molecule has 0 aliphatic rings. The van der Waals surface area contributed by atoms with E-state index < -0.39 is 0 Å². The summed E-state index contributed by atoms with van der Waals surface area (Å²) >= 11 is 2.31. The van der Waals surface area contributed by atoms with E-state index in [9.17, 15) is 0 Å². The second kappa shape index (κ2) is 6.45. The maximum absolute atomic E-state index is 5.71. The van der Waals surface area contributed by atoms with Crippen LogP contribution in [-0.4, -0.2) is 4.98 Å². The topological polar surface area (TPSA) is 50.9 Å². The van der Waals surface area contributed by atoms with Crippen molar-refractivity contribution in [2.45, 2.75) is 26.3 Å². The Hall–Kier alpha value is -0.980. The Labute approximate surface area is 127 Å². The average molecular weight is 367 g/mol. The summed E-state index contributed by atoms with van der Waals surface area (Å²) in [4.78, 5) is 4.50. The normalized spacial score (nSPS) is 12.4. The molecule has 1 atom stereocenters. The third kappa shape index (κ3) is 3.75. The van der Waals surface area contributed by atoms with E-state index in [-0.39, 0.29) is 6.04 Å². The summed E-state index contributed by atoms with van der Waals surface area (Å²) in [5.74, 6) is 5.71. The van der Waals surface area contributed by atoms with Crippen LogP contribution in [0, 0.1) is 17.4 Å². The lowest BCUT2D eigenvalue weighted by Gasteiger charge is -2.18. The molecule has 0 radical (unpaired) electrons. The highest BCUT2D eigenvalue weighted by Crippen LogP contribution is 2.21. The molecule has 0 amide bonds. The van der Waals surface area contributed by atoms with Gasteiger partial charge in [0.05, 0.1) is 6.04 Å². The lowest BCUT2D eigenvalue weighted by molar-refractivity contribution is 0.546. The number of pyridine rings is 1. The van der Waals surface area contributed by atoms with Crippen LogP contribution < -0.4 is 11.3 Å². The summed E-state index contributed by atoms with van der Waals surface area (Å²) in [5, 5.41) is 0. The van der Waals surface area contributed by atoms with Crippen LogP contribution in [0.25, 0.3) is 0 Å². The Morgan fingerprint density at radius 1 is 1.16 bits per heavy atom. The van der Waals surface area contributed by atoms with Gasteiger partial charge >= 0.3 is 0 Å². The molecular formula is C15H18IN3. The fourth-order valence-electron chi connectivity index (χ4n) is 2.18. The molecule has 1 heterocycles. The van der Waals surface area contributed by atoms with E-state index in [0.717, 1.165) is 23.4 Å². The molecule has 0 fully saturated rings. The zero-order chi connectivity index (χ0) is 13.8. The molecular weight excluding hydrogens is 349 g/mol. The molecule has 0 aliphatic carbocycles. The van der Waals surface area contributed by atoms with Crippen LogP contribution in [0.5, 0.6) is 0 Å². The van der Waals surface area contributed by atoms with Crippen molar-refractivity contribution in [2.24, 2.45) is 5.84 Å². The van der Waals surface area contributed by atoms with Gasteiger partial charge in [-0.05, 0) is 72.2 Å². The largest absolute Gasteiger partial charge is 0.271 e. The Kier molecular flexibility index (Phi) is 4.90. The smallest absolute Gasteiger partial charge is 0.0518 e. The first-order valence-electron chi connectivity index (χ1n) is 6.25. The van der Waals surface area contributed by atoms with E-state index in [0.29, 0.717) is 0 Å². The SMILES string of the molecule is Cc1ccc(C(Cc2ccc(I)cc2)NN)c(C)n1. The van der Waals surface area contributed by atoms with Gasteiger partial charge in [-0.3, -0.25) is 16.3 Å². The lowest BCUT2D eigenvalue weighted by Crippen LogP contribution is -2.30. The first kappa shape index (κ1) is 14.4. The van der Waals surface area contributed by atoms with Crippen LogP contribution >= 0.6 is 22.6 Å². The van der Waals surface area contributed by atoms with Crippen molar-refractivity contribution >= 4 is 22.6 Å². The maximum atomic E-state index is 5.71. The van der Waals surface area contributed by atoms with E-state index in [1.54, 1.807) is 0 Å². The maximum Gasteiger partial charge on any atom is 0.0518 e. The first-order valence-corrected chi connectivity index (χ1v) is 7.32. The summed E-state index contributed by atoms with van der Waals surface area (Å²) in [6, 6.07) is 12.7. The molecule has 100 valence electrons. The highest BCUT2D eigenvalue weighted by atomic mass is 127. The molecule has 4 heteroatoms. The van der Waals surface area contributed by atoms with E-state index in [1.807, 2.05) is 19.9 Å². The van der Waals surface area contributed by atoms with Gasteiger partial charge in [0, 0.05) is 15.0 Å². The van der Waals surface area contributed by atoms with Crippen molar-refractivity contribution in [1.82, 2.24) is 10.4 Å². The number of rotatable bonds is 4.